The number of nitrogens with one attached hydrogen (secondary N) is 2. The Balaban J connectivity index is 1.80. The van der Waals surface area contributed by atoms with Gasteiger partial charge >= 0.3 is 0 Å². The number of nitrogens with zero attached hydrogens (tertiary/aromatic N) is 3. The first-order chi connectivity index (χ1) is 12.5. The second kappa shape index (κ2) is 5.76. The van der Waals surface area contributed by atoms with Gasteiger partial charge in [-0.25, -0.2) is 9.98 Å². The molecule has 0 aliphatic carbocycles. The number of aliphatic imine (C=N–C) groups is 2. The van der Waals surface area contributed by atoms with Crippen LogP contribution in [0.5, 0.6) is 5.75 Å². The fraction of sp³-hybridized carbons (Fsp3) is 0.167. The van der Waals surface area contributed by atoms with Crippen LogP contribution in [0.4, 0.5) is 11.4 Å². The first-order valence-corrected chi connectivity index (χ1v) is 8.05. The highest BCUT2D eigenvalue weighted by Crippen LogP contribution is 2.44. The Morgan fingerprint density at radius 3 is 2.69 bits per heavy atom. The number of hydrogen-bond acceptors (Lipinski definition) is 7. The summed E-state index contributed by atoms with van der Waals surface area (Å²) in [7, 11) is 3.28. The van der Waals surface area contributed by atoms with Crippen molar-refractivity contribution in [1.29, 1.82) is 0 Å². The van der Waals surface area contributed by atoms with Gasteiger partial charge in [0.2, 0.25) is 5.96 Å². The molecule has 8 heteroatoms. The monoisotopic (exact) mass is 350 g/mol. The van der Waals surface area contributed by atoms with Gasteiger partial charge in [-0.2, -0.15) is 0 Å². The van der Waals surface area contributed by atoms with Gasteiger partial charge in [0.1, 0.15) is 5.75 Å². The molecular weight excluding hydrogens is 332 g/mol. The Kier molecular flexibility index (Phi) is 3.54. The number of benzene rings is 2. The molecule has 1 spiro atoms. The van der Waals surface area contributed by atoms with Crippen LogP contribution in [0.3, 0.4) is 0 Å². The van der Waals surface area contributed by atoms with E-state index in [1.807, 2.05) is 48.5 Å². The van der Waals surface area contributed by atoms with E-state index in [-0.39, 0.29) is 11.9 Å². The fourth-order valence-electron chi connectivity index (χ4n) is 3.21. The van der Waals surface area contributed by atoms with E-state index in [9.17, 15) is 4.79 Å². The zero-order chi connectivity index (χ0) is 18.3. The highest BCUT2D eigenvalue weighted by molar-refractivity contribution is 6.14. The minimum Gasteiger partial charge on any atom is -0.495 e. The van der Waals surface area contributed by atoms with Gasteiger partial charge in [-0.05, 0) is 18.2 Å². The van der Waals surface area contributed by atoms with Crippen LogP contribution in [0.2, 0.25) is 0 Å². The molecule has 2 aromatic rings. The van der Waals surface area contributed by atoms with Crippen LogP contribution in [0, 0.1) is 0 Å². The van der Waals surface area contributed by atoms with Crippen molar-refractivity contribution in [1.82, 2.24) is 5.32 Å². The van der Waals surface area contributed by atoms with Crippen molar-refractivity contribution >= 4 is 29.2 Å². The molecule has 0 saturated carbocycles. The van der Waals surface area contributed by atoms with E-state index in [0.29, 0.717) is 23.0 Å². The molecule has 4 N–H and O–H groups in total. The zero-order valence-corrected chi connectivity index (χ0v) is 14.4. The maximum absolute atomic E-state index is 13.0. The molecule has 132 valence electrons. The van der Waals surface area contributed by atoms with Crippen LogP contribution in [0.25, 0.3) is 0 Å². The third-order valence-electron chi connectivity index (χ3n) is 4.41. The molecule has 1 unspecified atom stereocenters. The predicted octanol–water partition coefficient (Wildman–Crippen LogP) is 1.21. The van der Waals surface area contributed by atoms with E-state index in [4.69, 9.17) is 10.5 Å². The van der Waals surface area contributed by atoms with Gasteiger partial charge in [0.15, 0.2) is 5.96 Å². The second-order valence-electron chi connectivity index (χ2n) is 5.96. The quantitative estimate of drug-likeness (QED) is 0.755. The Morgan fingerprint density at radius 2 is 1.88 bits per heavy atom. The molecular formula is C18H18N6O2. The predicted molar refractivity (Wildman–Crippen MR) is 100 cm³/mol. The highest BCUT2D eigenvalue weighted by Gasteiger charge is 2.52. The standard InChI is InChI=1S/C18H18N6O2/c1-24-13-9-5-3-7-11(13)18(15(24)25)22-16(19)21-17(23-18)20-12-8-4-6-10-14(12)26-2/h3-10H,1-2H3,(H4,19,20,21,22,23). The SMILES string of the molecule is COc1ccccc1NC1=NC2(N=C(N)N1)C(=O)N(C)c1ccccc12. The molecule has 0 saturated heterocycles. The van der Waals surface area contributed by atoms with Crippen molar-refractivity contribution in [3.63, 3.8) is 0 Å². The van der Waals surface area contributed by atoms with Crippen molar-refractivity contribution < 1.29 is 9.53 Å². The molecule has 0 bridgehead atoms. The lowest BCUT2D eigenvalue weighted by molar-refractivity contribution is -0.122. The average molecular weight is 350 g/mol. The lowest BCUT2D eigenvalue weighted by atomic mass is 10.0. The molecule has 2 heterocycles. The summed E-state index contributed by atoms with van der Waals surface area (Å²) in [6.45, 7) is 0. The Labute approximate surface area is 150 Å². The number of carbonyl (C=O) groups excluding carboxylic acids is 1. The normalized spacial score (nSPS) is 21.0. The first kappa shape index (κ1) is 15.9. The van der Waals surface area contributed by atoms with E-state index < -0.39 is 5.66 Å². The Bertz CT molecular complexity index is 954. The lowest BCUT2D eigenvalue weighted by Crippen LogP contribution is -2.50. The number of anilines is 2. The summed E-state index contributed by atoms with van der Waals surface area (Å²) in [6.07, 6.45) is 0. The molecule has 8 nitrogen and oxygen atoms in total. The molecule has 0 fully saturated rings. The number of carbonyl (C=O) groups is 1. The summed E-state index contributed by atoms with van der Waals surface area (Å²) in [6, 6.07) is 14.8. The highest BCUT2D eigenvalue weighted by atomic mass is 16.5. The molecule has 26 heavy (non-hydrogen) atoms. The van der Waals surface area contributed by atoms with E-state index in [1.54, 1.807) is 19.1 Å². The zero-order valence-electron chi connectivity index (χ0n) is 14.4. The van der Waals surface area contributed by atoms with Crippen LogP contribution in [-0.4, -0.2) is 32.0 Å². The van der Waals surface area contributed by atoms with Crippen LogP contribution in [-0.2, 0) is 10.5 Å². The summed E-state index contributed by atoms with van der Waals surface area (Å²) in [4.78, 5) is 23.5. The van der Waals surface area contributed by atoms with Gasteiger partial charge in [0.05, 0.1) is 18.5 Å². The number of amides is 1. The molecule has 2 aliphatic heterocycles. The minimum absolute atomic E-state index is 0.107. The number of nitrogens with two attached hydrogens (primary N) is 1. The summed E-state index contributed by atoms with van der Waals surface area (Å²) in [5, 5.41) is 6.00. The van der Waals surface area contributed by atoms with Crippen molar-refractivity contribution in [2.24, 2.45) is 15.7 Å². The summed E-state index contributed by atoms with van der Waals surface area (Å²) in [5.74, 6) is 0.807. The molecule has 0 radical (unpaired) electrons. The molecule has 4 rings (SSSR count). The number of guanidine groups is 2. The molecule has 1 amide bonds. The molecule has 0 aromatic heterocycles. The maximum atomic E-state index is 13.0. The maximum Gasteiger partial charge on any atom is 0.282 e. The van der Waals surface area contributed by atoms with Gasteiger partial charge in [-0.1, -0.05) is 30.3 Å². The largest absolute Gasteiger partial charge is 0.495 e. The Morgan fingerprint density at radius 1 is 1.15 bits per heavy atom. The molecule has 1 atom stereocenters. The number of likely N-dealkylation sites (N-methyl/N-ethyl adjacent to an activating group) is 1. The Hall–Kier alpha value is -3.55. The van der Waals surface area contributed by atoms with E-state index in [0.717, 1.165) is 5.69 Å². The van der Waals surface area contributed by atoms with Crippen LogP contribution in [0.1, 0.15) is 5.56 Å². The number of ether oxygens (including phenoxy) is 1. The van der Waals surface area contributed by atoms with Crippen molar-refractivity contribution in [3.8, 4) is 5.75 Å². The minimum atomic E-state index is -1.43. The number of methoxy groups -OCH3 is 1. The summed E-state index contributed by atoms with van der Waals surface area (Å²) < 4.78 is 5.34. The van der Waals surface area contributed by atoms with E-state index in [2.05, 4.69) is 20.6 Å². The van der Waals surface area contributed by atoms with Gasteiger partial charge in [0.25, 0.3) is 11.6 Å². The van der Waals surface area contributed by atoms with E-state index >= 15 is 0 Å². The van der Waals surface area contributed by atoms with Gasteiger partial charge in [-0.3, -0.25) is 10.1 Å². The molecule has 2 aliphatic rings. The summed E-state index contributed by atoms with van der Waals surface area (Å²) in [5.41, 5.74) is 6.70. The number of fused-ring (bicyclic) bond motifs is 2. The van der Waals surface area contributed by atoms with E-state index in [1.165, 1.54) is 0 Å². The van der Waals surface area contributed by atoms with Gasteiger partial charge < -0.3 is 20.7 Å². The second-order valence-corrected chi connectivity index (χ2v) is 5.96. The molecule has 2 aromatic carbocycles. The van der Waals surface area contributed by atoms with Gasteiger partial charge in [-0.15, -0.1) is 0 Å². The van der Waals surface area contributed by atoms with Crippen LogP contribution < -0.4 is 26.0 Å². The van der Waals surface area contributed by atoms with Crippen molar-refractivity contribution in [2.45, 2.75) is 5.66 Å². The smallest absolute Gasteiger partial charge is 0.282 e. The number of para-hydroxylation sites is 3. The topological polar surface area (TPSA) is 104 Å². The number of hydrogen-bond donors (Lipinski definition) is 3. The lowest BCUT2D eigenvalue weighted by Gasteiger charge is -2.27. The van der Waals surface area contributed by atoms with Crippen molar-refractivity contribution in [2.75, 3.05) is 24.4 Å². The van der Waals surface area contributed by atoms with Crippen molar-refractivity contribution in [3.05, 3.63) is 54.1 Å². The average Bonchev–Trinajstić information content (AvgIpc) is 2.84. The van der Waals surface area contributed by atoms with Crippen LogP contribution >= 0.6 is 0 Å². The third-order valence-corrected chi connectivity index (χ3v) is 4.41. The third kappa shape index (κ3) is 2.26. The van der Waals surface area contributed by atoms with Crippen LogP contribution in [0.15, 0.2) is 58.5 Å². The van der Waals surface area contributed by atoms with Gasteiger partial charge in [0, 0.05) is 12.6 Å². The summed E-state index contributed by atoms with van der Waals surface area (Å²) >= 11 is 0. The first-order valence-electron chi connectivity index (χ1n) is 8.05. The number of rotatable bonds is 2. The fourth-order valence-corrected chi connectivity index (χ4v) is 3.21.